The molecule has 0 aromatic heterocycles. The summed E-state index contributed by atoms with van der Waals surface area (Å²) in [5, 5.41) is 3.29. The first-order chi connectivity index (χ1) is 11.0. The van der Waals surface area contributed by atoms with E-state index in [1.54, 1.807) is 0 Å². The summed E-state index contributed by atoms with van der Waals surface area (Å²) >= 11 is 0. The summed E-state index contributed by atoms with van der Waals surface area (Å²) in [5.74, 6) is 0. The van der Waals surface area contributed by atoms with Crippen molar-refractivity contribution in [3.05, 3.63) is 64.9 Å². The van der Waals surface area contributed by atoms with E-state index < -0.39 is 0 Å². The summed E-state index contributed by atoms with van der Waals surface area (Å²) in [5.41, 5.74) is 10.6. The summed E-state index contributed by atoms with van der Waals surface area (Å²) in [6.07, 6.45) is 6.96. The van der Waals surface area contributed by atoms with Gasteiger partial charge in [0.25, 0.3) is 0 Å². The second-order valence-electron chi connectivity index (χ2n) is 6.35. The molecule has 23 heavy (non-hydrogen) atoms. The molecule has 0 bridgehead atoms. The molecule has 0 heterocycles. The molecule has 1 aromatic rings. The van der Waals surface area contributed by atoms with E-state index >= 15 is 0 Å². The van der Waals surface area contributed by atoms with Crippen LogP contribution < -0.4 is 5.32 Å². The van der Waals surface area contributed by atoms with E-state index in [0.29, 0.717) is 0 Å². The number of unbranched alkanes of at least 4 members (excludes halogenated alkanes) is 1. The molecule has 124 valence electrons. The van der Waals surface area contributed by atoms with Gasteiger partial charge >= 0.3 is 0 Å². The van der Waals surface area contributed by atoms with Crippen molar-refractivity contribution in [3.63, 3.8) is 0 Å². The Bertz CT molecular complexity index is 613. The standard InChI is InChI=1S/C22H31N/c1-7-18(4)10-8-9-11-20(16-23-6)14-22-15-21(17(2)3)13-12-19(22)5/h12-15,23H,1-2,8-11,16H2,3-6H3/b20-14-. The molecule has 0 aliphatic heterocycles. The lowest BCUT2D eigenvalue weighted by molar-refractivity contribution is 0.706. The summed E-state index contributed by atoms with van der Waals surface area (Å²) in [4.78, 5) is 0. The van der Waals surface area contributed by atoms with E-state index in [1.165, 1.54) is 40.7 Å². The third-order valence-corrected chi connectivity index (χ3v) is 4.14. The number of aryl methyl sites for hydroxylation is 1. The van der Waals surface area contributed by atoms with Crippen molar-refractivity contribution in [2.45, 2.75) is 46.5 Å². The predicted octanol–water partition coefficient (Wildman–Crippen LogP) is 5.92. The Kier molecular flexibility index (Phi) is 8.40. The molecule has 0 atom stereocenters. The molecule has 1 nitrogen and oxygen atoms in total. The Labute approximate surface area is 142 Å². The van der Waals surface area contributed by atoms with Gasteiger partial charge in [-0.2, -0.15) is 0 Å². The van der Waals surface area contributed by atoms with Crippen LogP contribution in [0.2, 0.25) is 0 Å². The fraction of sp³-hybridized carbons (Fsp3) is 0.409. The summed E-state index contributed by atoms with van der Waals surface area (Å²) in [7, 11) is 2.01. The van der Waals surface area contributed by atoms with Crippen LogP contribution in [-0.4, -0.2) is 13.6 Å². The molecular formula is C22H31N. The fourth-order valence-corrected chi connectivity index (χ4v) is 2.55. The number of benzene rings is 1. The Morgan fingerprint density at radius 1 is 1.22 bits per heavy atom. The van der Waals surface area contributed by atoms with Gasteiger partial charge in [0.1, 0.15) is 0 Å². The lowest BCUT2D eigenvalue weighted by Gasteiger charge is -2.10. The topological polar surface area (TPSA) is 12.0 Å². The summed E-state index contributed by atoms with van der Waals surface area (Å²) in [6, 6.07) is 6.58. The molecule has 0 radical (unpaired) electrons. The van der Waals surface area contributed by atoms with E-state index in [0.717, 1.165) is 25.0 Å². The highest BCUT2D eigenvalue weighted by Gasteiger charge is 2.03. The molecule has 0 aliphatic carbocycles. The number of hydrogen-bond acceptors (Lipinski definition) is 1. The van der Waals surface area contributed by atoms with Crippen LogP contribution in [0.5, 0.6) is 0 Å². The third-order valence-electron chi connectivity index (χ3n) is 4.14. The van der Waals surface area contributed by atoms with E-state index in [-0.39, 0.29) is 0 Å². The minimum atomic E-state index is 0.938. The van der Waals surface area contributed by atoms with Crippen LogP contribution in [0.25, 0.3) is 11.6 Å². The summed E-state index contributed by atoms with van der Waals surface area (Å²) < 4.78 is 0. The highest BCUT2D eigenvalue weighted by Crippen LogP contribution is 2.21. The molecule has 1 heteroatoms. The quantitative estimate of drug-likeness (QED) is 0.441. The highest BCUT2D eigenvalue weighted by molar-refractivity contribution is 5.67. The number of hydrogen-bond donors (Lipinski definition) is 1. The monoisotopic (exact) mass is 309 g/mol. The lowest BCUT2D eigenvalue weighted by atomic mass is 9.97. The molecule has 1 N–H and O–H groups in total. The second kappa shape index (κ2) is 10.0. The van der Waals surface area contributed by atoms with Crippen molar-refractivity contribution < 1.29 is 0 Å². The van der Waals surface area contributed by atoms with Gasteiger partial charge in [0.15, 0.2) is 0 Å². The largest absolute Gasteiger partial charge is 0.316 e. The lowest BCUT2D eigenvalue weighted by Crippen LogP contribution is -2.10. The first kappa shape index (κ1) is 19.2. The van der Waals surface area contributed by atoms with Gasteiger partial charge in [0.05, 0.1) is 0 Å². The molecule has 0 fully saturated rings. The van der Waals surface area contributed by atoms with Crippen LogP contribution in [0, 0.1) is 6.92 Å². The van der Waals surface area contributed by atoms with Gasteiger partial charge < -0.3 is 5.32 Å². The van der Waals surface area contributed by atoms with Gasteiger partial charge in [-0.25, -0.2) is 0 Å². The normalized spacial score (nSPS) is 11.2. The van der Waals surface area contributed by atoms with Crippen LogP contribution in [0.4, 0.5) is 0 Å². The number of nitrogens with one attached hydrogen (secondary N) is 1. The van der Waals surface area contributed by atoms with Crippen molar-refractivity contribution in [2.75, 3.05) is 13.6 Å². The zero-order valence-corrected chi connectivity index (χ0v) is 15.3. The van der Waals surface area contributed by atoms with E-state index in [2.05, 4.69) is 69.3 Å². The molecule has 0 saturated heterocycles. The first-order valence-electron chi connectivity index (χ1n) is 8.44. The number of allylic oxidation sites excluding steroid dienone is 2. The molecule has 1 aromatic carbocycles. The van der Waals surface area contributed by atoms with Crippen LogP contribution in [0.15, 0.2) is 48.2 Å². The molecule has 0 unspecified atom stereocenters. The Morgan fingerprint density at radius 2 is 1.91 bits per heavy atom. The maximum atomic E-state index is 4.05. The van der Waals surface area contributed by atoms with E-state index in [4.69, 9.17) is 0 Å². The molecule has 0 aliphatic rings. The minimum Gasteiger partial charge on any atom is -0.316 e. The van der Waals surface area contributed by atoms with E-state index in [1.807, 2.05) is 7.05 Å². The smallest absolute Gasteiger partial charge is 0.0164 e. The minimum absolute atomic E-state index is 0.938. The molecule has 1 rings (SSSR count). The van der Waals surface area contributed by atoms with Crippen molar-refractivity contribution >= 4 is 11.6 Å². The zero-order chi connectivity index (χ0) is 17.2. The number of rotatable bonds is 9. The fourth-order valence-electron chi connectivity index (χ4n) is 2.55. The number of likely N-dealkylation sites (N-methyl/N-ethyl adjacent to an activating group) is 1. The van der Waals surface area contributed by atoms with Crippen molar-refractivity contribution in [3.8, 4) is 0 Å². The van der Waals surface area contributed by atoms with E-state index in [9.17, 15) is 0 Å². The second-order valence-corrected chi connectivity index (χ2v) is 6.35. The van der Waals surface area contributed by atoms with Gasteiger partial charge in [0.2, 0.25) is 0 Å². The predicted molar refractivity (Wildman–Crippen MR) is 105 cm³/mol. The average Bonchev–Trinajstić information content (AvgIpc) is 2.53. The van der Waals surface area contributed by atoms with Crippen LogP contribution in [-0.2, 0) is 0 Å². The van der Waals surface area contributed by atoms with Crippen LogP contribution in [0.3, 0.4) is 0 Å². The third kappa shape index (κ3) is 6.86. The van der Waals surface area contributed by atoms with Gasteiger partial charge in [-0.05, 0) is 81.8 Å². The van der Waals surface area contributed by atoms with Crippen LogP contribution in [0.1, 0.15) is 56.2 Å². The highest BCUT2D eigenvalue weighted by atomic mass is 14.8. The Hall–Kier alpha value is -1.82. The SMILES string of the molecule is C=C=C(C)CCCC/C(=C/c1cc(C(=C)C)ccc1C)CNC. The Morgan fingerprint density at radius 3 is 2.52 bits per heavy atom. The van der Waals surface area contributed by atoms with Gasteiger partial charge in [-0.1, -0.05) is 42.5 Å². The van der Waals surface area contributed by atoms with Crippen molar-refractivity contribution in [1.29, 1.82) is 0 Å². The Balaban J connectivity index is 2.83. The molecule has 0 spiro atoms. The molecule has 0 saturated carbocycles. The molecule has 0 amide bonds. The van der Waals surface area contributed by atoms with Gasteiger partial charge in [0, 0.05) is 6.54 Å². The zero-order valence-electron chi connectivity index (χ0n) is 15.3. The molecular weight excluding hydrogens is 278 g/mol. The average molecular weight is 309 g/mol. The van der Waals surface area contributed by atoms with Crippen molar-refractivity contribution in [1.82, 2.24) is 5.32 Å². The first-order valence-corrected chi connectivity index (χ1v) is 8.44. The van der Waals surface area contributed by atoms with Gasteiger partial charge in [-0.15, -0.1) is 5.73 Å². The van der Waals surface area contributed by atoms with Crippen molar-refractivity contribution in [2.24, 2.45) is 0 Å². The summed E-state index contributed by atoms with van der Waals surface area (Å²) in [6.45, 7) is 15.0. The van der Waals surface area contributed by atoms with Crippen LogP contribution >= 0.6 is 0 Å². The maximum Gasteiger partial charge on any atom is 0.0164 e. The maximum absolute atomic E-state index is 4.05. The van der Waals surface area contributed by atoms with Gasteiger partial charge in [-0.3, -0.25) is 0 Å².